The maximum absolute atomic E-state index is 12.0. The molecule has 108 valence electrons. The Morgan fingerprint density at radius 3 is 2.59 bits per heavy atom. The lowest BCUT2D eigenvalue weighted by Gasteiger charge is -2.04. The highest BCUT2D eigenvalue weighted by Gasteiger charge is 2.00. The molecule has 2 heteroatoms. The average molecular weight is 287 g/mol. The summed E-state index contributed by atoms with van der Waals surface area (Å²) in [6.45, 7) is 2.00. The first-order chi connectivity index (χ1) is 10.7. The van der Waals surface area contributed by atoms with Crippen LogP contribution in [0.5, 0.6) is 0 Å². The van der Waals surface area contributed by atoms with E-state index < -0.39 is 0 Å². The van der Waals surface area contributed by atoms with Crippen LogP contribution in [0.2, 0.25) is 0 Å². The second kappa shape index (κ2) is 6.27. The molecule has 3 rings (SSSR count). The van der Waals surface area contributed by atoms with Gasteiger partial charge in [0, 0.05) is 11.8 Å². The van der Waals surface area contributed by atoms with Gasteiger partial charge in [-0.05, 0) is 47.0 Å². The molecule has 0 aliphatic carbocycles. The summed E-state index contributed by atoms with van der Waals surface area (Å²) in [5.41, 5.74) is 2.97. The summed E-state index contributed by atoms with van der Waals surface area (Å²) in [6, 6.07) is 22.0. The first-order valence-corrected chi connectivity index (χ1v) is 7.26. The third-order valence-electron chi connectivity index (χ3n) is 3.52. The van der Waals surface area contributed by atoms with E-state index in [4.69, 9.17) is 0 Å². The van der Waals surface area contributed by atoms with Gasteiger partial charge in [0.15, 0.2) is 0 Å². The summed E-state index contributed by atoms with van der Waals surface area (Å²) in [6.07, 6.45) is 3.43. The molecule has 0 aliphatic rings. The number of amides is 1. The van der Waals surface area contributed by atoms with Crippen LogP contribution in [0.1, 0.15) is 11.1 Å². The molecule has 1 N–H and O–H groups in total. The molecule has 3 aromatic carbocycles. The lowest BCUT2D eigenvalue weighted by molar-refractivity contribution is -0.111. The van der Waals surface area contributed by atoms with Crippen LogP contribution in [0.4, 0.5) is 5.69 Å². The Morgan fingerprint density at radius 1 is 0.955 bits per heavy atom. The Bertz CT molecular complexity index is 844. The van der Waals surface area contributed by atoms with Crippen molar-refractivity contribution in [3.63, 3.8) is 0 Å². The van der Waals surface area contributed by atoms with Gasteiger partial charge in [0.25, 0.3) is 0 Å². The van der Waals surface area contributed by atoms with Gasteiger partial charge in [-0.25, -0.2) is 0 Å². The van der Waals surface area contributed by atoms with Crippen molar-refractivity contribution < 1.29 is 4.79 Å². The van der Waals surface area contributed by atoms with E-state index >= 15 is 0 Å². The van der Waals surface area contributed by atoms with Crippen molar-refractivity contribution in [1.82, 2.24) is 0 Å². The van der Waals surface area contributed by atoms with E-state index in [1.807, 2.05) is 61.5 Å². The van der Waals surface area contributed by atoms with E-state index in [-0.39, 0.29) is 5.91 Å². The molecule has 0 heterocycles. The van der Waals surface area contributed by atoms with Gasteiger partial charge in [-0.3, -0.25) is 4.79 Å². The molecule has 1 amide bonds. The van der Waals surface area contributed by atoms with Gasteiger partial charge < -0.3 is 5.32 Å². The number of nitrogens with one attached hydrogen (secondary N) is 1. The number of benzene rings is 3. The fraction of sp³-hybridized carbons (Fsp3) is 0.0500. The molecule has 3 aromatic rings. The fourth-order valence-electron chi connectivity index (χ4n) is 2.47. The van der Waals surface area contributed by atoms with Crippen molar-refractivity contribution in [1.29, 1.82) is 0 Å². The van der Waals surface area contributed by atoms with E-state index in [1.165, 1.54) is 5.39 Å². The number of fused-ring (bicyclic) bond motifs is 1. The molecule has 0 radical (unpaired) electrons. The second-order valence-electron chi connectivity index (χ2n) is 5.26. The van der Waals surface area contributed by atoms with Crippen LogP contribution in [0, 0.1) is 6.92 Å². The maximum atomic E-state index is 12.0. The van der Waals surface area contributed by atoms with Gasteiger partial charge in [-0.1, -0.05) is 54.6 Å². The van der Waals surface area contributed by atoms with Gasteiger partial charge in [0.2, 0.25) is 5.91 Å². The zero-order valence-corrected chi connectivity index (χ0v) is 12.4. The summed E-state index contributed by atoms with van der Waals surface area (Å²) in [7, 11) is 0. The molecule has 0 saturated carbocycles. The minimum atomic E-state index is -0.126. The normalized spacial score (nSPS) is 11.0. The molecule has 0 fully saturated rings. The molecular weight excluding hydrogens is 270 g/mol. The van der Waals surface area contributed by atoms with Crippen molar-refractivity contribution in [2.45, 2.75) is 6.92 Å². The number of aryl methyl sites for hydroxylation is 1. The predicted octanol–water partition coefficient (Wildman–Crippen LogP) is 4.80. The Hall–Kier alpha value is -2.87. The summed E-state index contributed by atoms with van der Waals surface area (Å²) < 4.78 is 0. The van der Waals surface area contributed by atoms with E-state index in [2.05, 4.69) is 23.5 Å². The number of hydrogen-bond donors (Lipinski definition) is 1. The molecular formula is C20H17NO. The van der Waals surface area contributed by atoms with Gasteiger partial charge >= 0.3 is 0 Å². The molecule has 0 saturated heterocycles. The van der Waals surface area contributed by atoms with Crippen LogP contribution in [-0.4, -0.2) is 5.91 Å². The van der Waals surface area contributed by atoms with E-state index in [1.54, 1.807) is 6.08 Å². The second-order valence-corrected chi connectivity index (χ2v) is 5.26. The van der Waals surface area contributed by atoms with Crippen molar-refractivity contribution >= 4 is 28.4 Å². The smallest absolute Gasteiger partial charge is 0.248 e. The predicted molar refractivity (Wildman–Crippen MR) is 92.8 cm³/mol. The first-order valence-electron chi connectivity index (χ1n) is 7.26. The molecule has 2 nitrogen and oxygen atoms in total. The molecule has 0 bridgehead atoms. The van der Waals surface area contributed by atoms with Crippen LogP contribution in [-0.2, 0) is 4.79 Å². The molecule has 0 aliphatic heterocycles. The van der Waals surface area contributed by atoms with E-state index in [0.717, 1.165) is 22.2 Å². The third kappa shape index (κ3) is 3.23. The van der Waals surface area contributed by atoms with Gasteiger partial charge in [0.05, 0.1) is 0 Å². The SMILES string of the molecule is Cc1cccc(NC(=O)/C=C/c2cccc3ccccc23)c1. The molecule has 22 heavy (non-hydrogen) atoms. The fourth-order valence-corrected chi connectivity index (χ4v) is 2.47. The van der Waals surface area contributed by atoms with Crippen LogP contribution >= 0.6 is 0 Å². The van der Waals surface area contributed by atoms with Crippen molar-refractivity contribution in [2.75, 3.05) is 5.32 Å². The highest BCUT2D eigenvalue weighted by molar-refractivity contribution is 6.03. The van der Waals surface area contributed by atoms with Crippen LogP contribution in [0.3, 0.4) is 0 Å². The summed E-state index contributed by atoms with van der Waals surface area (Å²) in [5, 5.41) is 5.19. The zero-order chi connectivity index (χ0) is 15.4. The summed E-state index contributed by atoms with van der Waals surface area (Å²) in [5.74, 6) is -0.126. The molecule has 0 atom stereocenters. The number of hydrogen-bond acceptors (Lipinski definition) is 1. The maximum Gasteiger partial charge on any atom is 0.248 e. The Morgan fingerprint density at radius 2 is 1.73 bits per heavy atom. The molecule has 0 spiro atoms. The molecule has 0 unspecified atom stereocenters. The van der Waals surface area contributed by atoms with Gasteiger partial charge in [0.1, 0.15) is 0 Å². The van der Waals surface area contributed by atoms with Crippen LogP contribution in [0.15, 0.2) is 72.8 Å². The van der Waals surface area contributed by atoms with Crippen molar-refractivity contribution in [3.8, 4) is 0 Å². The molecule has 0 aromatic heterocycles. The number of anilines is 1. The minimum absolute atomic E-state index is 0.126. The average Bonchev–Trinajstić information content (AvgIpc) is 2.53. The highest BCUT2D eigenvalue weighted by Crippen LogP contribution is 2.19. The number of rotatable bonds is 3. The minimum Gasteiger partial charge on any atom is -0.323 e. The van der Waals surface area contributed by atoms with Crippen LogP contribution < -0.4 is 5.32 Å². The lowest BCUT2D eigenvalue weighted by Crippen LogP contribution is -2.07. The number of carbonyl (C=O) groups excluding carboxylic acids is 1. The quantitative estimate of drug-likeness (QED) is 0.689. The van der Waals surface area contributed by atoms with Gasteiger partial charge in [-0.2, -0.15) is 0 Å². The summed E-state index contributed by atoms with van der Waals surface area (Å²) in [4.78, 5) is 12.0. The van der Waals surface area contributed by atoms with E-state index in [9.17, 15) is 4.79 Å². The lowest BCUT2D eigenvalue weighted by atomic mass is 10.0. The highest BCUT2D eigenvalue weighted by atomic mass is 16.1. The van der Waals surface area contributed by atoms with Crippen LogP contribution in [0.25, 0.3) is 16.8 Å². The van der Waals surface area contributed by atoms with Gasteiger partial charge in [-0.15, -0.1) is 0 Å². The Labute approximate surface area is 130 Å². The third-order valence-corrected chi connectivity index (χ3v) is 3.52. The number of carbonyl (C=O) groups is 1. The standard InChI is InChI=1S/C20H17NO/c1-15-6-4-10-18(14-15)21-20(22)13-12-17-9-5-8-16-7-2-3-11-19(16)17/h2-14H,1H3,(H,21,22)/b13-12+. The monoisotopic (exact) mass is 287 g/mol. The zero-order valence-electron chi connectivity index (χ0n) is 12.4. The topological polar surface area (TPSA) is 29.1 Å². The first kappa shape index (κ1) is 14.1. The summed E-state index contributed by atoms with van der Waals surface area (Å²) >= 11 is 0. The van der Waals surface area contributed by atoms with E-state index in [0.29, 0.717) is 0 Å². The Kier molecular flexibility index (Phi) is 4.01. The largest absolute Gasteiger partial charge is 0.323 e. The Balaban J connectivity index is 1.79. The van der Waals surface area contributed by atoms with Crippen molar-refractivity contribution in [2.24, 2.45) is 0 Å². The van der Waals surface area contributed by atoms with Crippen molar-refractivity contribution in [3.05, 3.63) is 83.9 Å².